The van der Waals surface area contributed by atoms with Crippen LogP contribution in [0.15, 0.2) is 6.07 Å². The molecule has 0 atom stereocenters. The van der Waals surface area contributed by atoms with Crippen molar-refractivity contribution in [2.24, 2.45) is 0 Å². The fraction of sp³-hybridized carbons (Fsp3) is 0.200. The molecule has 0 bridgehead atoms. The van der Waals surface area contributed by atoms with E-state index in [1.165, 1.54) is 6.07 Å². The Bertz CT molecular complexity index is 279. The van der Waals surface area contributed by atoms with Crippen molar-refractivity contribution >= 4 is 45.2 Å². The zero-order chi connectivity index (χ0) is 9.35. The van der Waals surface area contributed by atoms with Crippen LogP contribution < -0.4 is 0 Å². The molecule has 0 radical (unpaired) electrons. The Balaban J connectivity index is 3.18. The van der Waals surface area contributed by atoms with Crippen molar-refractivity contribution in [2.75, 3.05) is 0 Å². The normalized spacial score (nSPS) is 11.8. The molecule has 0 fully saturated rings. The van der Waals surface area contributed by atoms with Crippen LogP contribution in [0.5, 0.6) is 0 Å². The molecule has 2 nitrogen and oxygen atoms in total. The first-order chi connectivity index (χ1) is 5.39. The van der Waals surface area contributed by atoms with Crippen molar-refractivity contribution in [3.8, 4) is 0 Å². The van der Waals surface area contributed by atoms with Crippen molar-refractivity contribution in [3.05, 3.63) is 19.3 Å². The lowest BCUT2D eigenvalue weighted by atomic mass is 10.5. The van der Waals surface area contributed by atoms with E-state index in [0.717, 1.165) is 0 Å². The molecule has 0 amide bonds. The summed E-state index contributed by atoms with van der Waals surface area (Å²) < 4.78 is 36.6. The van der Waals surface area contributed by atoms with Crippen molar-refractivity contribution in [1.29, 1.82) is 0 Å². The highest BCUT2D eigenvalue weighted by atomic mass is 127. The molecule has 0 unspecified atom stereocenters. The lowest BCUT2D eigenvalue weighted by Crippen LogP contribution is -2.12. The molecule has 0 aliphatic heterocycles. The molecule has 1 rings (SSSR count). The summed E-state index contributed by atoms with van der Waals surface area (Å²) >= 11 is 3.43. The van der Waals surface area contributed by atoms with E-state index in [0.29, 0.717) is 7.40 Å². The average molecular weight is 400 g/mol. The van der Waals surface area contributed by atoms with Gasteiger partial charge in [-0.3, -0.25) is 0 Å². The molecule has 0 spiro atoms. The van der Waals surface area contributed by atoms with Gasteiger partial charge in [0.05, 0.1) is 0 Å². The third kappa shape index (κ3) is 2.68. The lowest BCUT2D eigenvalue weighted by Gasteiger charge is -2.04. The third-order valence-electron chi connectivity index (χ3n) is 0.917. The van der Waals surface area contributed by atoms with Crippen LogP contribution in [0, 0.1) is 7.40 Å². The summed E-state index contributed by atoms with van der Waals surface area (Å²) in [4.78, 5) is 6.50. The second-order valence-electron chi connectivity index (χ2n) is 1.83. The van der Waals surface area contributed by atoms with E-state index in [9.17, 15) is 13.2 Å². The highest BCUT2D eigenvalue weighted by Gasteiger charge is 2.35. The van der Waals surface area contributed by atoms with Crippen LogP contribution in [0.2, 0.25) is 0 Å². The summed E-state index contributed by atoms with van der Waals surface area (Å²) in [6.07, 6.45) is -4.46. The minimum Gasteiger partial charge on any atom is -0.218 e. The van der Waals surface area contributed by atoms with E-state index in [4.69, 9.17) is 0 Å². The van der Waals surface area contributed by atoms with Gasteiger partial charge in [-0.25, -0.2) is 9.97 Å². The predicted octanol–water partition coefficient (Wildman–Crippen LogP) is 2.70. The smallest absolute Gasteiger partial charge is 0.218 e. The van der Waals surface area contributed by atoms with E-state index in [1.807, 2.05) is 0 Å². The van der Waals surface area contributed by atoms with Crippen molar-refractivity contribution in [3.63, 3.8) is 0 Å². The van der Waals surface area contributed by atoms with E-state index in [-0.39, 0.29) is 0 Å². The fourth-order valence-corrected chi connectivity index (χ4v) is 2.16. The average Bonchev–Trinajstić information content (AvgIpc) is 1.82. The molecule has 66 valence electrons. The molecule has 12 heavy (non-hydrogen) atoms. The first kappa shape index (κ1) is 10.4. The number of halogens is 5. The quantitative estimate of drug-likeness (QED) is 0.495. The van der Waals surface area contributed by atoms with Gasteiger partial charge in [0.2, 0.25) is 5.82 Å². The maximum absolute atomic E-state index is 12.0. The van der Waals surface area contributed by atoms with Gasteiger partial charge in [-0.1, -0.05) is 0 Å². The van der Waals surface area contributed by atoms with Gasteiger partial charge in [0.15, 0.2) is 0 Å². The molecular weight excluding hydrogens is 399 g/mol. The Morgan fingerprint density at radius 2 is 1.50 bits per heavy atom. The number of alkyl halides is 3. The molecule has 0 saturated carbocycles. The van der Waals surface area contributed by atoms with Gasteiger partial charge in [0.1, 0.15) is 7.40 Å². The van der Waals surface area contributed by atoms with Crippen LogP contribution in [0.1, 0.15) is 5.82 Å². The molecule has 1 heterocycles. The highest BCUT2D eigenvalue weighted by Crippen LogP contribution is 2.26. The Labute approximate surface area is 93.3 Å². The van der Waals surface area contributed by atoms with Gasteiger partial charge in [-0.2, -0.15) is 13.2 Å². The third-order valence-corrected chi connectivity index (χ3v) is 2.02. The summed E-state index contributed by atoms with van der Waals surface area (Å²) in [5.41, 5.74) is 0. The van der Waals surface area contributed by atoms with Gasteiger partial charge in [0.25, 0.3) is 0 Å². The number of rotatable bonds is 0. The molecular formula is C5HF3I2N2. The summed E-state index contributed by atoms with van der Waals surface area (Å²) in [7, 11) is 0. The highest BCUT2D eigenvalue weighted by molar-refractivity contribution is 14.1. The Morgan fingerprint density at radius 1 is 1.08 bits per heavy atom. The standard InChI is InChI=1S/C5HF3I2N2/c6-5(7,8)4-11-2(9)1-3(10)12-4/h1H. The van der Waals surface area contributed by atoms with E-state index in [1.54, 1.807) is 45.2 Å². The summed E-state index contributed by atoms with van der Waals surface area (Å²) in [5.74, 6) is -1.08. The van der Waals surface area contributed by atoms with Crippen LogP contribution in [0.4, 0.5) is 13.2 Å². The van der Waals surface area contributed by atoms with E-state index >= 15 is 0 Å². The largest absolute Gasteiger partial charge is 0.451 e. The van der Waals surface area contributed by atoms with Crippen molar-refractivity contribution < 1.29 is 13.2 Å². The summed E-state index contributed by atoms with van der Waals surface area (Å²) in [6, 6.07) is 1.47. The zero-order valence-electron chi connectivity index (χ0n) is 5.36. The number of nitrogens with zero attached hydrogens (tertiary/aromatic N) is 2. The van der Waals surface area contributed by atoms with E-state index < -0.39 is 12.0 Å². The van der Waals surface area contributed by atoms with Gasteiger partial charge in [-0.15, -0.1) is 0 Å². The van der Waals surface area contributed by atoms with Crippen molar-refractivity contribution in [2.45, 2.75) is 6.18 Å². The monoisotopic (exact) mass is 400 g/mol. The number of hydrogen-bond acceptors (Lipinski definition) is 2. The first-order valence-corrected chi connectivity index (χ1v) is 4.82. The Kier molecular flexibility index (Phi) is 3.12. The van der Waals surface area contributed by atoms with Crippen LogP contribution >= 0.6 is 45.2 Å². The van der Waals surface area contributed by atoms with Gasteiger partial charge < -0.3 is 0 Å². The maximum atomic E-state index is 12.0. The Hall–Kier alpha value is 0.330. The number of hydrogen-bond donors (Lipinski definition) is 0. The molecule has 0 aromatic carbocycles. The molecule has 1 aromatic rings. The molecule has 0 aliphatic rings. The van der Waals surface area contributed by atoms with E-state index in [2.05, 4.69) is 9.97 Å². The first-order valence-electron chi connectivity index (χ1n) is 2.67. The van der Waals surface area contributed by atoms with Gasteiger partial charge in [-0.05, 0) is 45.2 Å². The second-order valence-corrected chi connectivity index (χ2v) is 4.05. The Morgan fingerprint density at radius 3 is 1.83 bits per heavy atom. The summed E-state index contributed by atoms with van der Waals surface area (Å²) in [6.45, 7) is 0. The summed E-state index contributed by atoms with van der Waals surface area (Å²) in [5, 5.41) is 0. The van der Waals surface area contributed by atoms with Gasteiger partial charge in [0, 0.05) is 6.07 Å². The van der Waals surface area contributed by atoms with Crippen LogP contribution in [-0.4, -0.2) is 9.97 Å². The number of aromatic nitrogens is 2. The fourth-order valence-electron chi connectivity index (χ4n) is 0.517. The maximum Gasteiger partial charge on any atom is 0.451 e. The zero-order valence-corrected chi connectivity index (χ0v) is 9.68. The molecule has 0 N–H and O–H groups in total. The predicted molar refractivity (Wildman–Crippen MR) is 52.5 cm³/mol. The van der Waals surface area contributed by atoms with Gasteiger partial charge >= 0.3 is 6.18 Å². The molecule has 0 saturated heterocycles. The minimum atomic E-state index is -4.46. The SMILES string of the molecule is FC(F)(F)c1nc(I)cc(I)n1. The molecule has 1 aromatic heterocycles. The minimum absolute atomic E-state index is 0.291. The van der Waals surface area contributed by atoms with Crippen molar-refractivity contribution in [1.82, 2.24) is 9.97 Å². The second kappa shape index (κ2) is 3.60. The molecule has 7 heteroatoms. The van der Waals surface area contributed by atoms with Crippen LogP contribution in [0.3, 0.4) is 0 Å². The van der Waals surface area contributed by atoms with Crippen LogP contribution in [-0.2, 0) is 6.18 Å². The topological polar surface area (TPSA) is 25.8 Å². The van der Waals surface area contributed by atoms with Crippen LogP contribution in [0.25, 0.3) is 0 Å². The molecule has 0 aliphatic carbocycles. The lowest BCUT2D eigenvalue weighted by molar-refractivity contribution is -0.145.